The van der Waals surface area contributed by atoms with Gasteiger partial charge in [-0.1, -0.05) is 23.7 Å². The van der Waals surface area contributed by atoms with E-state index in [0.717, 1.165) is 25.7 Å². The summed E-state index contributed by atoms with van der Waals surface area (Å²) in [6.07, 6.45) is 4.09. The largest absolute Gasteiger partial charge is 0.481 e. The molecule has 0 aromatic heterocycles. The Balaban J connectivity index is 1.43. The minimum Gasteiger partial charge on any atom is -0.481 e. The molecule has 198 valence electrons. The van der Waals surface area contributed by atoms with Crippen molar-refractivity contribution in [3.05, 3.63) is 47.5 Å². The van der Waals surface area contributed by atoms with Gasteiger partial charge in [-0.3, -0.25) is 4.79 Å². The second-order valence-electron chi connectivity index (χ2n) is 10.8. The van der Waals surface area contributed by atoms with Crippen LogP contribution in [0.2, 0.25) is 0 Å². The standard InChI is InChI=1S/C25H29N3O7S2/c1-25(2,24(29)30)13-26-36(32,33)16-5-7-18-19-8-6-17(12-21(19)23(27-31)20(18)11-16)37(34,35)28-22-10-14-3-4-15(22)9-14/h5-8,11-12,14-15,22,26,28,31H,3-4,9-10,13H2,1-2H3,(H,29,30)/b27-23-. The number of carboxylic acid groups (broad SMARTS) is 1. The van der Waals surface area contributed by atoms with E-state index < -0.39 is 31.4 Å². The lowest BCUT2D eigenvalue weighted by Crippen LogP contribution is -2.38. The fourth-order valence-corrected chi connectivity index (χ4v) is 8.17. The molecule has 2 aromatic rings. The van der Waals surface area contributed by atoms with E-state index in [1.807, 2.05) is 0 Å². The summed E-state index contributed by atoms with van der Waals surface area (Å²) in [5.41, 5.74) is 0.663. The molecule has 4 N–H and O–H groups in total. The number of sulfonamides is 2. The quantitative estimate of drug-likeness (QED) is 0.249. The van der Waals surface area contributed by atoms with Crippen LogP contribution in [0.1, 0.15) is 50.7 Å². The number of rotatable bonds is 8. The van der Waals surface area contributed by atoms with Crippen molar-refractivity contribution in [3.8, 4) is 11.1 Å². The third-order valence-electron chi connectivity index (χ3n) is 7.83. The highest BCUT2D eigenvalue weighted by atomic mass is 32.2. The van der Waals surface area contributed by atoms with Gasteiger partial charge in [-0.15, -0.1) is 0 Å². The highest BCUT2D eigenvalue weighted by Crippen LogP contribution is 2.45. The van der Waals surface area contributed by atoms with Gasteiger partial charge in [0.25, 0.3) is 0 Å². The van der Waals surface area contributed by atoms with E-state index in [1.54, 1.807) is 12.1 Å². The Hall–Kier alpha value is -2.80. The number of nitrogens with zero attached hydrogens (tertiary/aromatic N) is 1. The van der Waals surface area contributed by atoms with Crippen molar-refractivity contribution >= 4 is 31.7 Å². The number of carboxylic acids is 1. The number of aliphatic carboxylic acids is 1. The van der Waals surface area contributed by atoms with E-state index in [2.05, 4.69) is 14.6 Å². The molecule has 12 heteroatoms. The molecule has 10 nitrogen and oxygen atoms in total. The number of hydrogen-bond donors (Lipinski definition) is 4. The lowest BCUT2D eigenvalue weighted by atomic mass is 9.95. The van der Waals surface area contributed by atoms with Crippen LogP contribution in [-0.4, -0.2) is 51.4 Å². The monoisotopic (exact) mass is 547 g/mol. The van der Waals surface area contributed by atoms with Gasteiger partial charge in [-0.2, -0.15) is 0 Å². The number of fused-ring (bicyclic) bond motifs is 5. The van der Waals surface area contributed by atoms with Gasteiger partial charge >= 0.3 is 5.97 Å². The first kappa shape index (κ1) is 25.8. The average Bonchev–Trinajstić information content (AvgIpc) is 3.54. The summed E-state index contributed by atoms with van der Waals surface area (Å²) in [4.78, 5) is 11.3. The smallest absolute Gasteiger partial charge is 0.310 e. The Labute approximate surface area is 215 Å². The normalized spacial score (nSPS) is 23.8. The van der Waals surface area contributed by atoms with E-state index in [9.17, 15) is 31.9 Å². The molecule has 3 unspecified atom stereocenters. The van der Waals surface area contributed by atoms with Crippen LogP contribution in [0.3, 0.4) is 0 Å². The van der Waals surface area contributed by atoms with Crippen LogP contribution in [0.25, 0.3) is 11.1 Å². The first-order valence-corrected chi connectivity index (χ1v) is 15.1. The molecular formula is C25H29N3O7S2. The summed E-state index contributed by atoms with van der Waals surface area (Å²) in [5, 5.41) is 22.4. The van der Waals surface area contributed by atoms with Crippen LogP contribution < -0.4 is 9.44 Å². The Morgan fingerprint density at radius 3 is 2.03 bits per heavy atom. The van der Waals surface area contributed by atoms with Crippen LogP contribution in [0, 0.1) is 17.3 Å². The summed E-state index contributed by atoms with van der Waals surface area (Å²) in [6, 6.07) is 8.77. The molecule has 2 fully saturated rings. The summed E-state index contributed by atoms with van der Waals surface area (Å²) in [7, 11) is -7.88. The summed E-state index contributed by atoms with van der Waals surface area (Å²) in [6.45, 7) is 2.50. The molecule has 2 bridgehead atoms. The highest BCUT2D eigenvalue weighted by Gasteiger charge is 2.41. The SMILES string of the molecule is CC(C)(CNS(=O)(=O)c1ccc2c(c1)/C(=N/O)c1cc(S(=O)(=O)NC3CC4CCC3C4)ccc1-2)C(=O)O. The Bertz CT molecular complexity index is 1530. The molecule has 0 aliphatic heterocycles. The van der Waals surface area contributed by atoms with Gasteiger partial charge in [0.15, 0.2) is 0 Å². The first-order chi connectivity index (χ1) is 17.3. The number of benzene rings is 2. The van der Waals surface area contributed by atoms with E-state index in [4.69, 9.17) is 0 Å². The molecule has 2 aromatic carbocycles. The predicted molar refractivity (Wildman–Crippen MR) is 135 cm³/mol. The third kappa shape index (κ3) is 4.56. The topological polar surface area (TPSA) is 162 Å². The van der Waals surface area contributed by atoms with Crippen molar-refractivity contribution in [1.82, 2.24) is 9.44 Å². The van der Waals surface area contributed by atoms with Crippen LogP contribution >= 0.6 is 0 Å². The number of oxime groups is 1. The van der Waals surface area contributed by atoms with E-state index >= 15 is 0 Å². The van der Waals surface area contributed by atoms with Gasteiger partial charge in [0.2, 0.25) is 20.0 Å². The predicted octanol–water partition coefficient (Wildman–Crippen LogP) is 2.75. The summed E-state index contributed by atoms with van der Waals surface area (Å²) >= 11 is 0. The lowest BCUT2D eigenvalue weighted by molar-refractivity contribution is -0.146. The minimum absolute atomic E-state index is 0.0494. The highest BCUT2D eigenvalue weighted by molar-refractivity contribution is 7.89. The Morgan fingerprint density at radius 2 is 1.54 bits per heavy atom. The van der Waals surface area contributed by atoms with E-state index in [0.29, 0.717) is 34.1 Å². The van der Waals surface area contributed by atoms with Crippen molar-refractivity contribution < 1.29 is 31.9 Å². The van der Waals surface area contributed by atoms with Crippen LogP contribution in [0.5, 0.6) is 0 Å². The van der Waals surface area contributed by atoms with Crippen LogP contribution in [-0.2, 0) is 24.8 Å². The van der Waals surface area contributed by atoms with Gasteiger partial charge in [0.05, 0.1) is 15.2 Å². The first-order valence-electron chi connectivity index (χ1n) is 12.1. The summed E-state index contributed by atoms with van der Waals surface area (Å²) in [5.74, 6) is -0.200. The molecule has 0 heterocycles. The number of hydrogen-bond acceptors (Lipinski definition) is 7. The van der Waals surface area contributed by atoms with E-state index in [-0.39, 0.29) is 28.1 Å². The van der Waals surface area contributed by atoms with Crippen molar-refractivity contribution in [3.63, 3.8) is 0 Å². The molecule has 3 atom stereocenters. The maximum Gasteiger partial charge on any atom is 0.310 e. The molecular weight excluding hydrogens is 518 g/mol. The van der Waals surface area contributed by atoms with Crippen molar-refractivity contribution in [1.29, 1.82) is 0 Å². The molecule has 0 amide bonds. The number of nitrogens with one attached hydrogen (secondary N) is 2. The fraction of sp³-hybridized carbons (Fsp3) is 0.440. The third-order valence-corrected chi connectivity index (χ3v) is 10.7. The Morgan fingerprint density at radius 1 is 0.946 bits per heavy atom. The maximum atomic E-state index is 13.2. The van der Waals surface area contributed by atoms with Gasteiger partial charge in [0, 0.05) is 23.7 Å². The summed E-state index contributed by atoms with van der Waals surface area (Å²) < 4.78 is 57.3. The number of carbonyl (C=O) groups is 1. The zero-order valence-corrected chi connectivity index (χ0v) is 22.1. The minimum atomic E-state index is -4.07. The van der Waals surface area contributed by atoms with Gasteiger partial charge in [-0.05, 0) is 80.3 Å². The molecule has 5 rings (SSSR count). The zero-order chi connectivity index (χ0) is 26.8. The van der Waals surface area contributed by atoms with Crippen LogP contribution in [0.15, 0.2) is 51.3 Å². The molecule has 37 heavy (non-hydrogen) atoms. The molecule has 0 saturated heterocycles. The molecule has 2 saturated carbocycles. The average molecular weight is 548 g/mol. The second kappa shape index (κ2) is 8.90. The molecule has 3 aliphatic rings. The Kier molecular flexibility index (Phi) is 6.21. The van der Waals surface area contributed by atoms with E-state index in [1.165, 1.54) is 38.1 Å². The van der Waals surface area contributed by atoms with Crippen LogP contribution in [0.4, 0.5) is 0 Å². The molecule has 3 aliphatic carbocycles. The maximum absolute atomic E-state index is 13.2. The lowest BCUT2D eigenvalue weighted by Gasteiger charge is -2.22. The van der Waals surface area contributed by atoms with Crippen molar-refractivity contribution in [2.24, 2.45) is 22.4 Å². The van der Waals surface area contributed by atoms with Gasteiger partial charge < -0.3 is 10.3 Å². The second-order valence-corrected chi connectivity index (χ2v) is 14.3. The molecule has 0 spiro atoms. The van der Waals surface area contributed by atoms with Crippen molar-refractivity contribution in [2.75, 3.05) is 6.54 Å². The van der Waals surface area contributed by atoms with Gasteiger partial charge in [-0.25, -0.2) is 26.3 Å². The molecule has 0 radical (unpaired) electrons. The fourth-order valence-electron chi connectivity index (χ4n) is 5.59. The van der Waals surface area contributed by atoms with Gasteiger partial charge in [0.1, 0.15) is 5.71 Å². The van der Waals surface area contributed by atoms with Crippen molar-refractivity contribution in [2.45, 2.75) is 55.4 Å². The zero-order valence-electron chi connectivity index (χ0n) is 20.4.